The maximum Gasteiger partial charge on any atom is 0.118 e. The number of methoxy groups -OCH3 is 1. The molecule has 0 atom stereocenters. The fourth-order valence-corrected chi connectivity index (χ4v) is 2.87. The van der Waals surface area contributed by atoms with Crippen LogP contribution in [0.25, 0.3) is 27.5 Å². The molecule has 2 heteroatoms. The number of hydrogen-bond donors (Lipinski definition) is 0. The van der Waals surface area contributed by atoms with Crippen LogP contribution in [0, 0.1) is 0 Å². The van der Waals surface area contributed by atoms with E-state index in [1.165, 1.54) is 27.5 Å². The summed E-state index contributed by atoms with van der Waals surface area (Å²) in [6.45, 7) is 0. The highest BCUT2D eigenvalue weighted by atomic mass is 16.5. The highest BCUT2D eigenvalue weighted by Crippen LogP contribution is 2.30. The van der Waals surface area contributed by atoms with Gasteiger partial charge >= 0.3 is 0 Å². The summed E-state index contributed by atoms with van der Waals surface area (Å²) in [6.07, 6.45) is 2.12. The van der Waals surface area contributed by atoms with Crippen molar-refractivity contribution >= 4 is 16.4 Å². The standard InChI is InChI=1S/C19H15NO/c1-21-16-10-8-14(9-11-16)17-13-15-5-2-3-6-18(15)20-12-4-7-19(17)20/h2-13H,1H3. The molecule has 2 heterocycles. The number of hydrogen-bond acceptors (Lipinski definition) is 1. The minimum Gasteiger partial charge on any atom is -0.497 e. The molecule has 2 nitrogen and oxygen atoms in total. The van der Waals surface area contributed by atoms with Gasteiger partial charge in [0.1, 0.15) is 5.75 Å². The Morgan fingerprint density at radius 2 is 1.57 bits per heavy atom. The van der Waals surface area contributed by atoms with Crippen LogP contribution in [0.4, 0.5) is 0 Å². The molecule has 2 aromatic heterocycles. The van der Waals surface area contributed by atoms with Crippen molar-refractivity contribution in [3.8, 4) is 16.9 Å². The Balaban J connectivity index is 2.03. The Hall–Kier alpha value is -2.74. The van der Waals surface area contributed by atoms with Gasteiger partial charge < -0.3 is 9.14 Å². The first-order chi connectivity index (χ1) is 10.4. The molecule has 0 aliphatic carbocycles. The molecule has 0 radical (unpaired) electrons. The van der Waals surface area contributed by atoms with Crippen molar-refractivity contribution in [2.45, 2.75) is 0 Å². The third-order valence-electron chi connectivity index (χ3n) is 3.92. The number of nitrogens with zero attached hydrogens (tertiary/aromatic N) is 1. The smallest absolute Gasteiger partial charge is 0.118 e. The lowest BCUT2D eigenvalue weighted by molar-refractivity contribution is 0.415. The van der Waals surface area contributed by atoms with Crippen molar-refractivity contribution in [1.29, 1.82) is 0 Å². The van der Waals surface area contributed by atoms with E-state index in [2.05, 4.69) is 65.2 Å². The first-order valence-electron chi connectivity index (χ1n) is 7.00. The molecular formula is C19H15NO. The first-order valence-corrected chi connectivity index (χ1v) is 7.00. The molecule has 4 rings (SSSR count). The van der Waals surface area contributed by atoms with Crippen LogP contribution in [0.5, 0.6) is 5.75 Å². The Bertz CT molecular complexity index is 919. The summed E-state index contributed by atoms with van der Waals surface area (Å²) < 4.78 is 7.49. The number of pyridine rings is 1. The average molecular weight is 273 g/mol. The molecule has 0 amide bonds. The van der Waals surface area contributed by atoms with E-state index in [1.807, 2.05) is 12.1 Å². The molecule has 2 aromatic carbocycles. The molecule has 0 aliphatic heterocycles. The van der Waals surface area contributed by atoms with E-state index in [0.717, 1.165) is 5.75 Å². The van der Waals surface area contributed by atoms with Crippen LogP contribution < -0.4 is 4.74 Å². The lowest BCUT2D eigenvalue weighted by atomic mass is 10.0. The van der Waals surface area contributed by atoms with Crippen LogP contribution >= 0.6 is 0 Å². The van der Waals surface area contributed by atoms with E-state index in [1.54, 1.807) is 7.11 Å². The summed E-state index contributed by atoms with van der Waals surface area (Å²) in [5.41, 5.74) is 4.89. The highest BCUT2D eigenvalue weighted by Gasteiger charge is 2.08. The molecule has 0 fully saturated rings. The predicted octanol–water partition coefficient (Wildman–Crippen LogP) is 4.77. The van der Waals surface area contributed by atoms with Gasteiger partial charge in [-0.1, -0.05) is 30.3 Å². The van der Waals surface area contributed by atoms with Crippen LogP contribution in [0.15, 0.2) is 72.9 Å². The van der Waals surface area contributed by atoms with E-state index in [-0.39, 0.29) is 0 Å². The van der Waals surface area contributed by atoms with Crippen molar-refractivity contribution < 1.29 is 4.74 Å². The number of rotatable bonds is 2. The zero-order valence-corrected chi connectivity index (χ0v) is 11.8. The second-order valence-corrected chi connectivity index (χ2v) is 5.11. The largest absolute Gasteiger partial charge is 0.497 e. The van der Waals surface area contributed by atoms with Gasteiger partial charge in [0, 0.05) is 11.8 Å². The lowest BCUT2D eigenvalue weighted by Gasteiger charge is -2.10. The molecule has 4 aromatic rings. The molecule has 0 N–H and O–H groups in total. The van der Waals surface area contributed by atoms with Crippen molar-refractivity contribution in [2.75, 3.05) is 7.11 Å². The maximum absolute atomic E-state index is 5.24. The van der Waals surface area contributed by atoms with E-state index in [9.17, 15) is 0 Å². The SMILES string of the molecule is COc1ccc(-c2cc3ccccc3n3cccc23)cc1. The monoisotopic (exact) mass is 273 g/mol. The molecule has 0 saturated carbocycles. The van der Waals surface area contributed by atoms with Crippen LogP contribution in [0.1, 0.15) is 0 Å². The summed E-state index contributed by atoms with van der Waals surface area (Å²) in [4.78, 5) is 0. The van der Waals surface area contributed by atoms with Gasteiger partial charge in [0.25, 0.3) is 0 Å². The van der Waals surface area contributed by atoms with Crippen molar-refractivity contribution in [2.24, 2.45) is 0 Å². The zero-order chi connectivity index (χ0) is 14.2. The Labute approximate surface area is 123 Å². The molecular weight excluding hydrogens is 258 g/mol. The molecule has 102 valence electrons. The molecule has 21 heavy (non-hydrogen) atoms. The van der Waals surface area contributed by atoms with E-state index < -0.39 is 0 Å². The normalized spacial score (nSPS) is 11.1. The number of aromatic nitrogens is 1. The average Bonchev–Trinajstić information content (AvgIpc) is 3.04. The summed E-state index contributed by atoms with van der Waals surface area (Å²) in [7, 11) is 1.69. The zero-order valence-electron chi connectivity index (χ0n) is 11.8. The third-order valence-corrected chi connectivity index (χ3v) is 3.92. The number of benzene rings is 2. The summed E-state index contributed by atoms with van der Waals surface area (Å²) >= 11 is 0. The first kappa shape index (κ1) is 12.0. The van der Waals surface area contributed by atoms with Gasteiger partial charge in [0.05, 0.1) is 18.1 Å². The van der Waals surface area contributed by atoms with Gasteiger partial charge in [-0.05, 0) is 47.3 Å². The Morgan fingerprint density at radius 3 is 2.38 bits per heavy atom. The van der Waals surface area contributed by atoms with E-state index in [0.29, 0.717) is 0 Å². The summed E-state index contributed by atoms with van der Waals surface area (Å²) in [6, 6.07) is 23.2. The Kier molecular flexibility index (Phi) is 2.68. The van der Waals surface area contributed by atoms with Crippen LogP contribution in [-0.4, -0.2) is 11.5 Å². The molecule has 0 bridgehead atoms. The molecule has 0 saturated heterocycles. The summed E-state index contributed by atoms with van der Waals surface area (Å²) in [5.74, 6) is 0.881. The topological polar surface area (TPSA) is 13.6 Å². The van der Waals surface area contributed by atoms with Crippen molar-refractivity contribution in [1.82, 2.24) is 4.40 Å². The van der Waals surface area contributed by atoms with E-state index in [4.69, 9.17) is 4.74 Å². The molecule has 0 spiro atoms. The van der Waals surface area contributed by atoms with Gasteiger partial charge in [-0.2, -0.15) is 0 Å². The maximum atomic E-state index is 5.24. The van der Waals surface area contributed by atoms with Gasteiger partial charge in [0.2, 0.25) is 0 Å². The minimum absolute atomic E-state index is 0.881. The fourth-order valence-electron chi connectivity index (χ4n) is 2.87. The van der Waals surface area contributed by atoms with Gasteiger partial charge in [-0.15, -0.1) is 0 Å². The van der Waals surface area contributed by atoms with Gasteiger partial charge in [0.15, 0.2) is 0 Å². The number of fused-ring (bicyclic) bond motifs is 3. The highest BCUT2D eigenvalue weighted by molar-refractivity contribution is 5.93. The van der Waals surface area contributed by atoms with Gasteiger partial charge in [-0.3, -0.25) is 0 Å². The minimum atomic E-state index is 0.881. The summed E-state index contributed by atoms with van der Waals surface area (Å²) in [5, 5.41) is 1.24. The van der Waals surface area contributed by atoms with Crippen LogP contribution in [-0.2, 0) is 0 Å². The molecule has 0 unspecified atom stereocenters. The number of ether oxygens (including phenoxy) is 1. The fraction of sp³-hybridized carbons (Fsp3) is 0.0526. The van der Waals surface area contributed by atoms with Crippen molar-refractivity contribution in [3.63, 3.8) is 0 Å². The van der Waals surface area contributed by atoms with Crippen molar-refractivity contribution in [3.05, 3.63) is 72.9 Å². The quantitative estimate of drug-likeness (QED) is 0.513. The Morgan fingerprint density at radius 1 is 0.810 bits per heavy atom. The molecule has 0 aliphatic rings. The van der Waals surface area contributed by atoms with E-state index >= 15 is 0 Å². The second kappa shape index (κ2) is 4.67. The second-order valence-electron chi connectivity index (χ2n) is 5.11. The third kappa shape index (κ3) is 1.88. The predicted molar refractivity (Wildman–Crippen MR) is 86.9 cm³/mol. The number of para-hydroxylation sites is 1. The van der Waals surface area contributed by atoms with Crippen LogP contribution in [0.3, 0.4) is 0 Å². The van der Waals surface area contributed by atoms with Gasteiger partial charge in [-0.25, -0.2) is 0 Å². The lowest BCUT2D eigenvalue weighted by Crippen LogP contribution is -1.90. The van der Waals surface area contributed by atoms with Crippen LogP contribution in [0.2, 0.25) is 0 Å².